The Morgan fingerprint density at radius 2 is 1.94 bits per heavy atom. The van der Waals surface area contributed by atoms with E-state index in [1.54, 1.807) is 6.08 Å². The maximum absolute atomic E-state index is 13.1. The van der Waals surface area contributed by atoms with Gasteiger partial charge in [-0.05, 0) is 23.6 Å². The molecule has 0 aliphatic heterocycles. The number of halogens is 5. The average Bonchev–Trinajstić information content (AvgIpc) is 2.25. The normalized spacial score (nSPS) is 13.2. The smallest absolute Gasteiger partial charge is 0.206 e. The van der Waals surface area contributed by atoms with Crippen molar-refractivity contribution in [3.8, 4) is 0 Å². The van der Waals surface area contributed by atoms with Crippen LogP contribution in [0, 0.1) is 11.7 Å². The molecule has 1 aromatic carbocycles. The molecule has 0 spiro atoms. The van der Waals surface area contributed by atoms with Gasteiger partial charge < -0.3 is 0 Å². The first-order valence-corrected chi connectivity index (χ1v) is 6.51. The van der Waals surface area contributed by atoms with E-state index in [4.69, 9.17) is 0 Å². The highest BCUT2D eigenvalue weighted by atomic mass is 79.9. The van der Waals surface area contributed by atoms with E-state index in [-0.39, 0.29) is 5.92 Å². The van der Waals surface area contributed by atoms with Crippen molar-refractivity contribution in [2.75, 3.05) is 5.33 Å². The Balaban J connectivity index is 3.21. The molecule has 0 fully saturated rings. The van der Waals surface area contributed by atoms with Crippen LogP contribution >= 0.6 is 15.9 Å². The zero-order chi connectivity index (χ0) is 13.9. The van der Waals surface area contributed by atoms with Gasteiger partial charge in [-0.25, -0.2) is 4.39 Å². The molecular formula is C13H13BrF4. The molecule has 0 bridgehead atoms. The summed E-state index contributed by atoms with van der Waals surface area (Å²) in [5.41, 5.74) is 0.0792. The quantitative estimate of drug-likeness (QED) is 0.524. The van der Waals surface area contributed by atoms with Gasteiger partial charge in [-0.3, -0.25) is 0 Å². The van der Waals surface area contributed by atoms with E-state index in [0.717, 1.165) is 17.7 Å². The Morgan fingerprint density at radius 1 is 1.33 bits per heavy atom. The first-order chi connectivity index (χ1) is 8.25. The molecular weight excluding hydrogens is 312 g/mol. The maximum Gasteiger partial charge on any atom is 0.419 e. The zero-order valence-corrected chi connectivity index (χ0v) is 11.6. The summed E-state index contributed by atoms with van der Waals surface area (Å²) in [5.74, 6) is -1.03. The number of hydrogen-bond acceptors (Lipinski definition) is 0. The highest BCUT2D eigenvalue weighted by molar-refractivity contribution is 9.09. The SMILES string of the molecule is CC(C)/C(=C/c1ccc(F)c(C(F)(F)F)c1)CBr. The van der Waals surface area contributed by atoms with Crippen LogP contribution in [0.4, 0.5) is 17.6 Å². The molecule has 0 amide bonds. The second-order valence-corrected chi connectivity index (χ2v) is 4.81. The number of allylic oxidation sites excluding steroid dienone is 1. The lowest BCUT2D eigenvalue weighted by Gasteiger charge is -2.11. The van der Waals surface area contributed by atoms with Crippen molar-refractivity contribution in [3.63, 3.8) is 0 Å². The second kappa shape index (κ2) is 5.87. The van der Waals surface area contributed by atoms with Crippen LogP contribution in [-0.2, 0) is 6.18 Å². The molecule has 1 aromatic rings. The van der Waals surface area contributed by atoms with Crippen LogP contribution in [0.2, 0.25) is 0 Å². The van der Waals surface area contributed by atoms with Crippen LogP contribution in [0.1, 0.15) is 25.0 Å². The minimum absolute atomic E-state index is 0.212. The van der Waals surface area contributed by atoms with Gasteiger partial charge in [0.2, 0.25) is 0 Å². The first-order valence-electron chi connectivity index (χ1n) is 5.39. The van der Waals surface area contributed by atoms with Gasteiger partial charge in [-0.1, -0.05) is 47.5 Å². The molecule has 1 rings (SSSR count). The third kappa shape index (κ3) is 3.83. The standard InChI is InChI=1S/C13H13BrF4/c1-8(2)10(7-14)5-9-3-4-12(15)11(6-9)13(16,17)18/h3-6,8H,7H2,1-2H3/b10-5+. The lowest BCUT2D eigenvalue weighted by molar-refractivity contribution is -0.140. The summed E-state index contributed by atoms with van der Waals surface area (Å²) >= 11 is 3.28. The summed E-state index contributed by atoms with van der Waals surface area (Å²) in [4.78, 5) is 0. The Morgan fingerprint density at radius 3 is 2.39 bits per heavy atom. The van der Waals surface area contributed by atoms with Crippen molar-refractivity contribution in [1.29, 1.82) is 0 Å². The van der Waals surface area contributed by atoms with Gasteiger partial charge in [0.1, 0.15) is 5.82 Å². The second-order valence-electron chi connectivity index (χ2n) is 4.24. The molecule has 0 unspecified atom stereocenters. The summed E-state index contributed by atoms with van der Waals surface area (Å²) in [7, 11) is 0. The van der Waals surface area contributed by atoms with E-state index in [1.165, 1.54) is 6.07 Å². The van der Waals surface area contributed by atoms with Gasteiger partial charge in [0.25, 0.3) is 0 Å². The van der Waals surface area contributed by atoms with E-state index >= 15 is 0 Å². The predicted molar refractivity (Wildman–Crippen MR) is 68.0 cm³/mol. The fourth-order valence-electron chi connectivity index (χ4n) is 1.42. The fraction of sp³-hybridized carbons (Fsp3) is 0.385. The summed E-state index contributed by atoms with van der Waals surface area (Å²) < 4.78 is 50.7. The first kappa shape index (κ1) is 15.2. The van der Waals surface area contributed by atoms with Crippen molar-refractivity contribution < 1.29 is 17.6 Å². The van der Waals surface area contributed by atoms with Crippen molar-refractivity contribution in [2.24, 2.45) is 5.92 Å². The van der Waals surface area contributed by atoms with Gasteiger partial charge in [-0.2, -0.15) is 13.2 Å². The molecule has 0 atom stereocenters. The van der Waals surface area contributed by atoms with Gasteiger partial charge in [-0.15, -0.1) is 0 Å². The molecule has 0 saturated carbocycles. The molecule has 100 valence electrons. The monoisotopic (exact) mass is 324 g/mol. The van der Waals surface area contributed by atoms with Gasteiger partial charge in [0.05, 0.1) is 5.56 Å². The van der Waals surface area contributed by atoms with Crippen LogP contribution in [0.5, 0.6) is 0 Å². The van der Waals surface area contributed by atoms with Crippen LogP contribution in [-0.4, -0.2) is 5.33 Å². The molecule has 0 radical (unpaired) electrons. The van der Waals surface area contributed by atoms with Crippen LogP contribution in [0.3, 0.4) is 0 Å². The minimum Gasteiger partial charge on any atom is -0.206 e. The third-order valence-electron chi connectivity index (χ3n) is 2.54. The molecule has 0 heterocycles. The highest BCUT2D eigenvalue weighted by Gasteiger charge is 2.34. The fourth-order valence-corrected chi connectivity index (χ4v) is 2.23. The topological polar surface area (TPSA) is 0 Å². The molecule has 0 aliphatic carbocycles. The average molecular weight is 325 g/mol. The van der Waals surface area contributed by atoms with E-state index in [1.807, 2.05) is 13.8 Å². The molecule has 18 heavy (non-hydrogen) atoms. The summed E-state index contributed by atoms with van der Waals surface area (Å²) in [5, 5.41) is 0.573. The Hall–Kier alpha value is -0.840. The van der Waals surface area contributed by atoms with Gasteiger partial charge in [0.15, 0.2) is 0 Å². The van der Waals surface area contributed by atoms with E-state index < -0.39 is 17.6 Å². The minimum atomic E-state index is -4.67. The molecule has 0 aromatic heterocycles. The Kier molecular flexibility index (Phi) is 4.96. The van der Waals surface area contributed by atoms with E-state index in [2.05, 4.69) is 15.9 Å². The third-order valence-corrected chi connectivity index (χ3v) is 3.19. The van der Waals surface area contributed by atoms with Crippen molar-refractivity contribution in [3.05, 3.63) is 40.7 Å². The largest absolute Gasteiger partial charge is 0.419 e. The van der Waals surface area contributed by atoms with Crippen molar-refractivity contribution in [1.82, 2.24) is 0 Å². The number of rotatable bonds is 3. The van der Waals surface area contributed by atoms with Crippen molar-refractivity contribution >= 4 is 22.0 Å². The van der Waals surface area contributed by atoms with E-state index in [9.17, 15) is 17.6 Å². The van der Waals surface area contributed by atoms with Crippen LogP contribution in [0.15, 0.2) is 23.8 Å². The van der Waals surface area contributed by atoms with Gasteiger partial charge in [0, 0.05) is 5.33 Å². The molecule has 0 saturated heterocycles. The summed E-state index contributed by atoms with van der Waals surface area (Å²) in [6.45, 7) is 3.89. The predicted octanol–water partition coefficient (Wildman–Crippen LogP) is 5.28. The molecule has 0 aliphatic rings. The maximum atomic E-state index is 13.1. The number of hydrogen-bond donors (Lipinski definition) is 0. The van der Waals surface area contributed by atoms with Crippen molar-refractivity contribution in [2.45, 2.75) is 20.0 Å². The van der Waals surface area contributed by atoms with Crippen LogP contribution in [0.25, 0.3) is 6.08 Å². The summed E-state index contributed by atoms with van der Waals surface area (Å²) in [6, 6.07) is 3.02. The zero-order valence-electron chi connectivity index (χ0n) is 9.98. The van der Waals surface area contributed by atoms with Gasteiger partial charge >= 0.3 is 6.18 Å². The molecule has 0 N–H and O–H groups in total. The highest BCUT2D eigenvalue weighted by Crippen LogP contribution is 2.32. The van der Waals surface area contributed by atoms with Crippen LogP contribution < -0.4 is 0 Å². The summed E-state index contributed by atoms with van der Waals surface area (Å²) in [6.07, 6.45) is -3.02. The van der Waals surface area contributed by atoms with E-state index in [0.29, 0.717) is 10.9 Å². The lowest BCUT2D eigenvalue weighted by atomic mass is 10.0. The number of alkyl halides is 4. The number of benzene rings is 1. The lowest BCUT2D eigenvalue weighted by Crippen LogP contribution is -2.08. The molecule has 5 heteroatoms. The Labute approximate surface area is 112 Å². The molecule has 0 nitrogen and oxygen atoms in total. The Bertz CT molecular complexity index is 447.